The molecule has 21 heavy (non-hydrogen) atoms. The fourth-order valence-corrected chi connectivity index (χ4v) is 3.13. The molecule has 2 aromatic rings. The zero-order chi connectivity index (χ0) is 15.0. The molecule has 0 bridgehead atoms. The SMILES string of the molecule is Cc1c(O)c(O)cc2c1[C@H](c1ccc(O)cc1)CNCC2. The minimum absolute atomic E-state index is 0.0422. The van der Waals surface area contributed by atoms with Crippen LogP contribution in [-0.2, 0) is 6.42 Å². The topological polar surface area (TPSA) is 72.7 Å². The van der Waals surface area contributed by atoms with E-state index in [1.54, 1.807) is 18.2 Å². The summed E-state index contributed by atoms with van der Waals surface area (Å²) in [5.41, 5.74) is 3.94. The molecule has 2 aromatic carbocycles. The van der Waals surface area contributed by atoms with Crippen molar-refractivity contribution in [1.29, 1.82) is 0 Å². The van der Waals surface area contributed by atoms with Gasteiger partial charge in [-0.3, -0.25) is 0 Å². The Morgan fingerprint density at radius 2 is 1.81 bits per heavy atom. The molecular formula is C17H19NO3. The highest BCUT2D eigenvalue weighted by Crippen LogP contribution is 2.40. The summed E-state index contributed by atoms with van der Waals surface area (Å²) in [5, 5.41) is 32.7. The van der Waals surface area contributed by atoms with Gasteiger partial charge in [0.1, 0.15) is 5.75 Å². The van der Waals surface area contributed by atoms with Crippen LogP contribution in [0.4, 0.5) is 0 Å². The van der Waals surface area contributed by atoms with E-state index in [2.05, 4.69) is 5.32 Å². The average Bonchev–Trinajstić information content (AvgIpc) is 2.68. The van der Waals surface area contributed by atoms with Crippen molar-refractivity contribution in [2.75, 3.05) is 13.1 Å². The Morgan fingerprint density at radius 3 is 2.52 bits per heavy atom. The molecule has 1 aliphatic rings. The number of benzene rings is 2. The smallest absolute Gasteiger partial charge is 0.160 e. The van der Waals surface area contributed by atoms with Crippen LogP contribution in [0.1, 0.15) is 28.2 Å². The van der Waals surface area contributed by atoms with E-state index in [9.17, 15) is 15.3 Å². The van der Waals surface area contributed by atoms with Gasteiger partial charge in [-0.2, -0.15) is 0 Å². The molecule has 0 spiro atoms. The summed E-state index contributed by atoms with van der Waals surface area (Å²) >= 11 is 0. The Kier molecular flexibility index (Phi) is 3.47. The van der Waals surface area contributed by atoms with Crippen molar-refractivity contribution in [2.45, 2.75) is 19.3 Å². The van der Waals surface area contributed by atoms with Crippen molar-refractivity contribution >= 4 is 0 Å². The Morgan fingerprint density at radius 1 is 1.10 bits per heavy atom. The third kappa shape index (κ3) is 2.43. The van der Waals surface area contributed by atoms with Crippen LogP contribution in [0.15, 0.2) is 30.3 Å². The second kappa shape index (κ2) is 5.30. The molecule has 4 heteroatoms. The van der Waals surface area contributed by atoms with Crippen molar-refractivity contribution < 1.29 is 15.3 Å². The van der Waals surface area contributed by atoms with Crippen LogP contribution in [0.2, 0.25) is 0 Å². The first-order valence-electron chi connectivity index (χ1n) is 7.12. The Balaban J connectivity index is 2.16. The fraction of sp³-hybridized carbons (Fsp3) is 0.294. The highest BCUT2D eigenvalue weighted by molar-refractivity contribution is 5.56. The van der Waals surface area contributed by atoms with Crippen LogP contribution >= 0.6 is 0 Å². The van der Waals surface area contributed by atoms with Gasteiger partial charge in [-0.05, 0) is 60.3 Å². The third-order valence-corrected chi connectivity index (χ3v) is 4.22. The summed E-state index contributed by atoms with van der Waals surface area (Å²) in [4.78, 5) is 0. The van der Waals surface area contributed by atoms with Crippen molar-refractivity contribution in [3.8, 4) is 17.2 Å². The van der Waals surface area contributed by atoms with Crippen molar-refractivity contribution in [3.63, 3.8) is 0 Å². The van der Waals surface area contributed by atoms with Gasteiger partial charge in [0, 0.05) is 12.5 Å². The number of rotatable bonds is 1. The van der Waals surface area contributed by atoms with Crippen LogP contribution in [0, 0.1) is 6.92 Å². The molecule has 4 nitrogen and oxygen atoms in total. The average molecular weight is 285 g/mol. The van der Waals surface area contributed by atoms with Crippen molar-refractivity contribution in [1.82, 2.24) is 5.32 Å². The first kappa shape index (κ1) is 13.8. The maximum atomic E-state index is 10.1. The number of aromatic hydroxyl groups is 3. The van der Waals surface area contributed by atoms with Gasteiger partial charge in [0.05, 0.1) is 0 Å². The van der Waals surface area contributed by atoms with Crippen LogP contribution in [0.3, 0.4) is 0 Å². The highest BCUT2D eigenvalue weighted by atomic mass is 16.3. The summed E-state index contributed by atoms with van der Waals surface area (Å²) < 4.78 is 0. The van der Waals surface area contributed by atoms with Gasteiger partial charge in [-0.1, -0.05) is 12.1 Å². The normalized spacial score (nSPS) is 18.0. The number of phenols is 3. The molecule has 0 fully saturated rings. The summed E-state index contributed by atoms with van der Waals surface area (Å²) in [7, 11) is 0. The summed E-state index contributed by atoms with van der Waals surface area (Å²) in [5.74, 6) is 0.234. The fourth-order valence-electron chi connectivity index (χ4n) is 3.13. The zero-order valence-electron chi connectivity index (χ0n) is 11.9. The standard InChI is InChI=1S/C17H19NO3/c1-10-16-12(8-15(20)17(10)21)6-7-18-9-14(16)11-2-4-13(19)5-3-11/h2-5,8,14,18-21H,6-7,9H2,1H3/t14-/m0/s1. The van der Waals surface area contributed by atoms with E-state index >= 15 is 0 Å². The monoisotopic (exact) mass is 285 g/mol. The molecule has 0 unspecified atom stereocenters. The van der Waals surface area contributed by atoms with E-state index in [-0.39, 0.29) is 23.2 Å². The van der Waals surface area contributed by atoms with E-state index in [0.29, 0.717) is 0 Å². The summed E-state index contributed by atoms with van der Waals surface area (Å²) in [6, 6.07) is 8.82. The second-order valence-corrected chi connectivity index (χ2v) is 5.54. The lowest BCUT2D eigenvalue weighted by Crippen LogP contribution is -2.21. The van der Waals surface area contributed by atoms with Crippen LogP contribution < -0.4 is 5.32 Å². The first-order valence-corrected chi connectivity index (χ1v) is 7.12. The van der Waals surface area contributed by atoms with E-state index in [1.807, 2.05) is 19.1 Å². The molecular weight excluding hydrogens is 266 g/mol. The van der Waals surface area contributed by atoms with Gasteiger partial charge in [0.15, 0.2) is 11.5 Å². The molecule has 1 aliphatic heterocycles. The predicted octanol–water partition coefficient (Wildman–Crippen LogP) is 2.39. The zero-order valence-corrected chi connectivity index (χ0v) is 11.9. The molecule has 1 atom stereocenters. The number of nitrogens with one attached hydrogen (secondary N) is 1. The molecule has 0 radical (unpaired) electrons. The summed E-state index contributed by atoms with van der Waals surface area (Å²) in [6.45, 7) is 3.45. The van der Waals surface area contributed by atoms with Gasteiger partial charge in [-0.15, -0.1) is 0 Å². The third-order valence-electron chi connectivity index (χ3n) is 4.22. The predicted molar refractivity (Wildman–Crippen MR) is 81.0 cm³/mol. The van der Waals surface area contributed by atoms with Gasteiger partial charge in [-0.25, -0.2) is 0 Å². The summed E-state index contributed by atoms with van der Waals surface area (Å²) in [6.07, 6.45) is 0.818. The molecule has 0 aromatic heterocycles. The number of hydrogen-bond donors (Lipinski definition) is 4. The van der Waals surface area contributed by atoms with Crippen LogP contribution in [0.5, 0.6) is 17.2 Å². The van der Waals surface area contributed by atoms with Gasteiger partial charge >= 0.3 is 0 Å². The minimum atomic E-state index is -0.0578. The largest absolute Gasteiger partial charge is 0.508 e. The first-order chi connectivity index (χ1) is 10.1. The number of fused-ring (bicyclic) bond motifs is 1. The van der Waals surface area contributed by atoms with Crippen LogP contribution in [0.25, 0.3) is 0 Å². The molecule has 0 saturated heterocycles. The molecule has 4 N–H and O–H groups in total. The van der Waals surface area contributed by atoms with Crippen LogP contribution in [-0.4, -0.2) is 28.4 Å². The van der Waals surface area contributed by atoms with Gasteiger partial charge < -0.3 is 20.6 Å². The Labute approximate surface area is 123 Å². The molecule has 1 heterocycles. The van der Waals surface area contributed by atoms with Crippen molar-refractivity contribution in [2.24, 2.45) is 0 Å². The maximum Gasteiger partial charge on any atom is 0.160 e. The van der Waals surface area contributed by atoms with Crippen molar-refractivity contribution in [3.05, 3.63) is 52.6 Å². The molecule has 0 aliphatic carbocycles. The van der Waals surface area contributed by atoms with E-state index in [1.165, 1.54) is 0 Å². The van der Waals surface area contributed by atoms with Gasteiger partial charge in [0.2, 0.25) is 0 Å². The van der Waals surface area contributed by atoms with E-state index < -0.39 is 0 Å². The van der Waals surface area contributed by atoms with E-state index in [0.717, 1.165) is 41.8 Å². The number of hydrogen-bond acceptors (Lipinski definition) is 4. The molecule has 3 rings (SSSR count). The lowest BCUT2D eigenvalue weighted by atomic mass is 9.84. The maximum absolute atomic E-state index is 10.1. The Bertz CT molecular complexity index is 665. The highest BCUT2D eigenvalue weighted by Gasteiger charge is 2.25. The molecule has 0 saturated carbocycles. The lowest BCUT2D eigenvalue weighted by molar-refractivity contribution is 0.399. The van der Waals surface area contributed by atoms with Gasteiger partial charge in [0.25, 0.3) is 0 Å². The molecule has 110 valence electrons. The lowest BCUT2D eigenvalue weighted by Gasteiger charge is -2.22. The second-order valence-electron chi connectivity index (χ2n) is 5.54. The number of phenolic OH excluding ortho intramolecular Hbond substituents is 3. The quantitative estimate of drug-likeness (QED) is 0.607. The Hall–Kier alpha value is -2.20. The minimum Gasteiger partial charge on any atom is -0.508 e. The molecule has 0 amide bonds. The van der Waals surface area contributed by atoms with E-state index in [4.69, 9.17) is 0 Å².